The van der Waals surface area contributed by atoms with Gasteiger partial charge in [-0.25, -0.2) is 4.31 Å². The number of allylic oxidation sites excluding steroid dienone is 4. The van der Waals surface area contributed by atoms with E-state index >= 15 is 0 Å². The van der Waals surface area contributed by atoms with Crippen molar-refractivity contribution < 1.29 is 4.79 Å². The molecule has 0 radical (unpaired) electrons. The number of carbonyl (C=O) groups is 1. The third-order valence-electron chi connectivity index (χ3n) is 5.94. The molecule has 0 atom stereocenters. The van der Waals surface area contributed by atoms with E-state index in [1.54, 1.807) is 18.2 Å². The summed E-state index contributed by atoms with van der Waals surface area (Å²) in [5, 5.41) is 0. The van der Waals surface area contributed by atoms with Crippen molar-refractivity contribution in [2.75, 3.05) is 45.1 Å². The number of nitrogens with zero attached hydrogens (tertiary/aromatic N) is 5. The topological polar surface area (TPSA) is 51.5 Å². The van der Waals surface area contributed by atoms with Gasteiger partial charge in [0.1, 0.15) is 6.67 Å². The van der Waals surface area contributed by atoms with E-state index in [0.29, 0.717) is 25.3 Å². The van der Waals surface area contributed by atoms with Crippen molar-refractivity contribution in [2.45, 2.75) is 33.1 Å². The molecule has 2 heterocycles. The molecule has 3 rings (SSSR count). The van der Waals surface area contributed by atoms with E-state index in [4.69, 9.17) is 0 Å². The van der Waals surface area contributed by atoms with Gasteiger partial charge in [0.15, 0.2) is 0 Å². The van der Waals surface area contributed by atoms with Gasteiger partial charge in [-0.1, -0.05) is 30.7 Å². The second kappa shape index (κ2) is 11.5. The fraction of sp³-hybridized carbons (Fsp3) is 0.542. The monoisotopic (exact) mass is 441 g/mol. The lowest BCUT2D eigenvalue weighted by Crippen LogP contribution is -2.48. The Labute approximate surface area is 191 Å². The van der Waals surface area contributed by atoms with E-state index in [1.165, 1.54) is 36.6 Å². The van der Waals surface area contributed by atoms with Gasteiger partial charge in [-0.05, 0) is 56.9 Å². The summed E-state index contributed by atoms with van der Waals surface area (Å²) in [6, 6.07) is 0. The van der Waals surface area contributed by atoms with Crippen molar-refractivity contribution in [2.24, 2.45) is 15.9 Å². The van der Waals surface area contributed by atoms with E-state index in [0.717, 1.165) is 37.0 Å². The van der Waals surface area contributed by atoms with Gasteiger partial charge in [-0.3, -0.25) is 14.8 Å². The summed E-state index contributed by atoms with van der Waals surface area (Å²) in [5.74, 6) is 1.84. The fourth-order valence-corrected chi connectivity index (χ4v) is 4.80. The molecule has 2 saturated heterocycles. The van der Waals surface area contributed by atoms with Crippen molar-refractivity contribution in [3.05, 3.63) is 47.3 Å². The molecule has 0 bridgehead atoms. The predicted molar refractivity (Wildman–Crippen MR) is 132 cm³/mol. The zero-order valence-corrected chi connectivity index (χ0v) is 19.7. The number of hydrogen-bond donors (Lipinski definition) is 0. The Morgan fingerprint density at radius 1 is 1.16 bits per heavy atom. The van der Waals surface area contributed by atoms with E-state index in [-0.39, 0.29) is 5.91 Å². The molecule has 0 aromatic rings. The number of hydrogen-bond acceptors (Lipinski definition) is 6. The van der Waals surface area contributed by atoms with Crippen LogP contribution in [0.4, 0.5) is 0 Å². The van der Waals surface area contributed by atoms with E-state index in [2.05, 4.69) is 58.5 Å². The van der Waals surface area contributed by atoms with Gasteiger partial charge in [0.25, 0.3) is 5.91 Å². The lowest BCUT2D eigenvalue weighted by Gasteiger charge is -2.37. The van der Waals surface area contributed by atoms with Crippen LogP contribution in [0.1, 0.15) is 33.1 Å². The first-order valence-corrected chi connectivity index (χ1v) is 12.1. The molecule has 7 heteroatoms. The molecule has 3 aliphatic rings. The summed E-state index contributed by atoms with van der Waals surface area (Å²) < 4.78 is 2.21. The Morgan fingerprint density at radius 3 is 2.45 bits per heavy atom. The Hall–Kier alpha value is -2.12. The summed E-state index contributed by atoms with van der Waals surface area (Å²) in [4.78, 5) is 25.4. The summed E-state index contributed by atoms with van der Waals surface area (Å²) in [6.07, 6.45) is 11.4. The van der Waals surface area contributed by atoms with Crippen LogP contribution in [0.25, 0.3) is 0 Å². The number of aliphatic imine (C=N–C) groups is 2. The largest absolute Gasteiger partial charge is 0.368 e. The first-order valence-electron chi connectivity index (χ1n) is 11.1. The average Bonchev–Trinajstić information content (AvgIpc) is 3.51. The zero-order chi connectivity index (χ0) is 22.2. The normalized spacial score (nSPS) is 21.8. The van der Waals surface area contributed by atoms with E-state index in [9.17, 15) is 4.79 Å². The van der Waals surface area contributed by atoms with Crippen molar-refractivity contribution in [1.29, 1.82) is 0 Å². The minimum Gasteiger partial charge on any atom is -0.368 e. The Morgan fingerprint density at radius 2 is 1.87 bits per heavy atom. The maximum Gasteiger partial charge on any atom is 0.257 e. The molecule has 1 aliphatic carbocycles. The molecule has 3 fully saturated rings. The van der Waals surface area contributed by atoms with Crippen molar-refractivity contribution in [1.82, 2.24) is 14.1 Å². The average molecular weight is 442 g/mol. The predicted octanol–water partition coefficient (Wildman–Crippen LogP) is 3.91. The second-order valence-corrected chi connectivity index (χ2v) is 9.41. The van der Waals surface area contributed by atoms with Gasteiger partial charge in [0.2, 0.25) is 0 Å². The maximum atomic E-state index is 13.0. The highest BCUT2D eigenvalue weighted by molar-refractivity contribution is 7.97. The number of amides is 1. The molecule has 2 aliphatic heterocycles. The molecular weight excluding hydrogens is 406 g/mol. The third kappa shape index (κ3) is 6.68. The smallest absolute Gasteiger partial charge is 0.257 e. The van der Waals surface area contributed by atoms with Crippen LogP contribution in [0, 0.1) is 5.92 Å². The summed E-state index contributed by atoms with van der Waals surface area (Å²) >= 11 is 1.81. The molecule has 1 amide bonds. The summed E-state index contributed by atoms with van der Waals surface area (Å²) in [7, 11) is 0. The molecule has 0 aromatic carbocycles. The van der Waals surface area contributed by atoms with E-state index < -0.39 is 0 Å². The first-order chi connectivity index (χ1) is 15.0. The molecule has 6 nitrogen and oxygen atoms in total. The van der Waals surface area contributed by atoms with Gasteiger partial charge in [-0.15, -0.1) is 0 Å². The van der Waals surface area contributed by atoms with Gasteiger partial charge < -0.3 is 9.80 Å². The highest BCUT2D eigenvalue weighted by Crippen LogP contribution is 2.38. The maximum absolute atomic E-state index is 13.0. The molecule has 1 saturated carbocycles. The lowest BCUT2D eigenvalue weighted by atomic mass is 10.1. The van der Waals surface area contributed by atoms with Gasteiger partial charge in [-0.2, -0.15) is 0 Å². The molecule has 0 spiro atoms. The van der Waals surface area contributed by atoms with E-state index in [1.807, 2.05) is 4.90 Å². The standard InChI is InChI=1S/C24H35N5OS/c1-5-21(22-7-8-22)15-19(2)20(3)27-10-12-28(13-11-27)24(30)23(16-25-4)17-26-18-29-9-6-14-31-29/h5,15-17,22H,3-4,6-14,18H2,1-2H3/b19-15-,21-5+,23-16+,26-17?. The van der Waals surface area contributed by atoms with Crippen molar-refractivity contribution in [3.8, 4) is 0 Å². The van der Waals surface area contributed by atoms with Crippen molar-refractivity contribution >= 4 is 30.8 Å². The minimum absolute atomic E-state index is 0.0345. The summed E-state index contributed by atoms with van der Waals surface area (Å²) in [6.45, 7) is 16.6. The molecule has 0 aromatic heterocycles. The molecular formula is C24H35N5OS. The second-order valence-electron chi connectivity index (χ2n) is 8.23. The highest BCUT2D eigenvalue weighted by atomic mass is 32.2. The Bertz CT molecular complexity index is 795. The molecule has 0 N–H and O–H groups in total. The highest BCUT2D eigenvalue weighted by Gasteiger charge is 2.26. The first kappa shape index (κ1) is 23.5. The summed E-state index contributed by atoms with van der Waals surface area (Å²) in [5.41, 5.74) is 4.18. The van der Waals surface area contributed by atoms with Crippen LogP contribution < -0.4 is 0 Å². The minimum atomic E-state index is -0.0345. The van der Waals surface area contributed by atoms with Crippen LogP contribution in [-0.4, -0.2) is 78.1 Å². The lowest BCUT2D eigenvalue weighted by molar-refractivity contribution is -0.128. The molecule has 31 heavy (non-hydrogen) atoms. The van der Waals surface area contributed by atoms with Crippen LogP contribution >= 0.6 is 11.9 Å². The van der Waals surface area contributed by atoms with Crippen molar-refractivity contribution in [3.63, 3.8) is 0 Å². The van der Waals surface area contributed by atoms with Crippen LogP contribution in [0.2, 0.25) is 0 Å². The molecule has 0 unspecified atom stereocenters. The SMILES string of the molecule is C=N/C=C(\C=NCN1CCCS1)C(=O)N1CCN(C(=C)/C(C)=C\C(=C/C)C2CC2)CC1. The van der Waals surface area contributed by atoms with Crippen LogP contribution in [-0.2, 0) is 4.79 Å². The Balaban J connectivity index is 1.53. The van der Waals surface area contributed by atoms with Crippen LogP contribution in [0.15, 0.2) is 57.3 Å². The quantitative estimate of drug-likeness (QED) is 0.236. The van der Waals surface area contributed by atoms with Crippen LogP contribution in [0.5, 0.6) is 0 Å². The van der Waals surface area contributed by atoms with Gasteiger partial charge in [0.05, 0.1) is 5.57 Å². The third-order valence-corrected chi connectivity index (χ3v) is 7.08. The number of piperazine rings is 1. The van der Waals surface area contributed by atoms with Gasteiger partial charge >= 0.3 is 0 Å². The number of carbonyl (C=O) groups excluding carboxylic acids is 1. The number of rotatable bonds is 9. The van der Waals surface area contributed by atoms with Gasteiger partial charge in [0, 0.05) is 56.6 Å². The Kier molecular flexibility index (Phi) is 8.72. The zero-order valence-electron chi connectivity index (χ0n) is 18.9. The fourth-order valence-electron chi connectivity index (χ4n) is 3.88. The van der Waals surface area contributed by atoms with Crippen LogP contribution in [0.3, 0.4) is 0 Å². The molecule has 168 valence electrons.